The van der Waals surface area contributed by atoms with Crippen molar-refractivity contribution in [3.05, 3.63) is 46.7 Å². The van der Waals surface area contributed by atoms with E-state index in [2.05, 4.69) is 44.3 Å². The standard InChI is InChI=1S/C17H20N4OS/c1-11-5-14(20-19-11)6-13-8-21(9-16(13)22)7-12-3-2-4-15-17(12)23-10-18-15/h2-5,10,13,16,22H,6-9H2,1H3,(H,19,20)/t13-,16-/m1/s1. The van der Waals surface area contributed by atoms with Gasteiger partial charge in [-0.25, -0.2) is 4.98 Å². The van der Waals surface area contributed by atoms with Crippen LogP contribution >= 0.6 is 11.3 Å². The maximum Gasteiger partial charge on any atom is 0.0815 e. The molecule has 1 fully saturated rings. The van der Waals surface area contributed by atoms with Gasteiger partial charge in [0.1, 0.15) is 0 Å². The van der Waals surface area contributed by atoms with E-state index in [0.29, 0.717) is 0 Å². The van der Waals surface area contributed by atoms with Gasteiger partial charge in [-0.3, -0.25) is 10.00 Å². The molecular weight excluding hydrogens is 308 g/mol. The summed E-state index contributed by atoms with van der Waals surface area (Å²) in [5, 5.41) is 17.7. The van der Waals surface area contributed by atoms with Gasteiger partial charge in [0.25, 0.3) is 0 Å². The first-order chi connectivity index (χ1) is 11.2. The zero-order chi connectivity index (χ0) is 15.8. The van der Waals surface area contributed by atoms with Crippen LogP contribution in [0.3, 0.4) is 0 Å². The quantitative estimate of drug-likeness (QED) is 0.772. The number of likely N-dealkylation sites (tertiary alicyclic amines) is 1. The molecule has 3 heterocycles. The van der Waals surface area contributed by atoms with Crippen molar-refractivity contribution >= 4 is 21.6 Å². The number of aromatic nitrogens is 3. The Kier molecular flexibility index (Phi) is 3.88. The van der Waals surface area contributed by atoms with Gasteiger partial charge in [0, 0.05) is 31.2 Å². The van der Waals surface area contributed by atoms with Crippen molar-refractivity contribution in [3.63, 3.8) is 0 Å². The predicted octanol–water partition coefficient (Wildman–Crippen LogP) is 2.36. The molecule has 0 spiro atoms. The molecule has 5 nitrogen and oxygen atoms in total. The zero-order valence-electron chi connectivity index (χ0n) is 13.1. The van der Waals surface area contributed by atoms with Gasteiger partial charge in [-0.15, -0.1) is 11.3 Å². The number of benzene rings is 1. The second-order valence-electron chi connectivity index (χ2n) is 6.39. The second kappa shape index (κ2) is 6.03. The van der Waals surface area contributed by atoms with Crippen LogP contribution in [-0.4, -0.2) is 44.4 Å². The number of thiazole rings is 1. The number of nitrogens with one attached hydrogen (secondary N) is 1. The number of nitrogens with zero attached hydrogens (tertiary/aromatic N) is 3. The summed E-state index contributed by atoms with van der Waals surface area (Å²) in [6, 6.07) is 8.34. The van der Waals surface area contributed by atoms with E-state index in [0.717, 1.165) is 43.0 Å². The summed E-state index contributed by atoms with van der Waals surface area (Å²) in [6.45, 7) is 4.50. The van der Waals surface area contributed by atoms with Crippen LogP contribution in [0.2, 0.25) is 0 Å². The molecule has 6 heteroatoms. The summed E-state index contributed by atoms with van der Waals surface area (Å²) in [5.41, 5.74) is 6.37. The molecule has 0 aliphatic carbocycles. The Hall–Kier alpha value is -1.76. The minimum atomic E-state index is -0.285. The van der Waals surface area contributed by atoms with Gasteiger partial charge in [-0.05, 0) is 31.0 Å². The lowest BCUT2D eigenvalue weighted by Gasteiger charge is -2.15. The highest BCUT2D eigenvalue weighted by Crippen LogP contribution is 2.27. The van der Waals surface area contributed by atoms with E-state index in [1.807, 2.05) is 12.4 Å². The number of hydrogen-bond acceptors (Lipinski definition) is 5. The van der Waals surface area contributed by atoms with Crippen molar-refractivity contribution in [2.24, 2.45) is 5.92 Å². The van der Waals surface area contributed by atoms with Crippen molar-refractivity contribution in [2.75, 3.05) is 13.1 Å². The number of aromatic amines is 1. The van der Waals surface area contributed by atoms with E-state index < -0.39 is 0 Å². The number of rotatable bonds is 4. The molecule has 23 heavy (non-hydrogen) atoms. The third-order valence-electron chi connectivity index (χ3n) is 4.54. The number of β-amino-alcohol motifs (C(OH)–C–C–N with tert-alkyl or cyclic N) is 1. The lowest BCUT2D eigenvalue weighted by molar-refractivity contribution is 0.140. The molecule has 0 saturated carbocycles. The summed E-state index contributed by atoms with van der Waals surface area (Å²) in [7, 11) is 0. The van der Waals surface area contributed by atoms with Gasteiger partial charge >= 0.3 is 0 Å². The first-order valence-corrected chi connectivity index (χ1v) is 8.79. The number of hydrogen-bond donors (Lipinski definition) is 2. The fourth-order valence-corrected chi connectivity index (χ4v) is 4.23. The predicted molar refractivity (Wildman–Crippen MR) is 91.4 cm³/mol. The number of aryl methyl sites for hydroxylation is 1. The van der Waals surface area contributed by atoms with Crippen LogP contribution in [0.5, 0.6) is 0 Å². The topological polar surface area (TPSA) is 65.0 Å². The fraction of sp³-hybridized carbons (Fsp3) is 0.412. The molecule has 0 radical (unpaired) electrons. The highest BCUT2D eigenvalue weighted by atomic mass is 32.1. The summed E-state index contributed by atoms with van der Waals surface area (Å²) in [6.07, 6.45) is 0.542. The second-order valence-corrected chi connectivity index (χ2v) is 7.24. The van der Waals surface area contributed by atoms with Crippen LogP contribution in [0.4, 0.5) is 0 Å². The lowest BCUT2D eigenvalue weighted by atomic mass is 10.0. The van der Waals surface area contributed by atoms with E-state index in [4.69, 9.17) is 0 Å². The molecule has 0 amide bonds. The average molecular weight is 328 g/mol. The normalized spacial score (nSPS) is 22.2. The molecule has 2 aromatic heterocycles. The average Bonchev–Trinajstić information content (AvgIpc) is 3.22. The highest BCUT2D eigenvalue weighted by Gasteiger charge is 2.32. The zero-order valence-corrected chi connectivity index (χ0v) is 13.9. The first kappa shape index (κ1) is 14.8. The molecule has 1 aliphatic heterocycles. The van der Waals surface area contributed by atoms with E-state index in [-0.39, 0.29) is 12.0 Å². The molecular formula is C17H20N4OS. The summed E-state index contributed by atoms with van der Waals surface area (Å²) < 4.78 is 1.26. The summed E-state index contributed by atoms with van der Waals surface area (Å²) >= 11 is 1.69. The Bertz CT molecular complexity index is 812. The Balaban J connectivity index is 1.46. The number of H-pyrrole nitrogens is 1. The van der Waals surface area contributed by atoms with Crippen LogP contribution in [0.1, 0.15) is 17.0 Å². The molecule has 4 rings (SSSR count). The van der Waals surface area contributed by atoms with Crippen LogP contribution in [0, 0.1) is 12.8 Å². The molecule has 3 aromatic rings. The van der Waals surface area contributed by atoms with Crippen molar-refractivity contribution in [2.45, 2.75) is 26.0 Å². The monoisotopic (exact) mass is 328 g/mol. The first-order valence-electron chi connectivity index (χ1n) is 7.91. The van der Waals surface area contributed by atoms with Gasteiger partial charge < -0.3 is 5.11 Å². The van der Waals surface area contributed by atoms with E-state index in [1.54, 1.807) is 11.3 Å². The van der Waals surface area contributed by atoms with Crippen LogP contribution in [0.15, 0.2) is 29.8 Å². The minimum absolute atomic E-state index is 0.248. The third-order valence-corrected chi connectivity index (χ3v) is 5.46. The molecule has 1 saturated heterocycles. The van der Waals surface area contributed by atoms with Gasteiger partial charge in [0.15, 0.2) is 0 Å². The molecule has 2 N–H and O–H groups in total. The number of aliphatic hydroxyl groups is 1. The summed E-state index contributed by atoms with van der Waals surface area (Å²) in [4.78, 5) is 6.72. The Morgan fingerprint density at radius 1 is 1.39 bits per heavy atom. The third kappa shape index (κ3) is 3.02. The largest absolute Gasteiger partial charge is 0.391 e. The lowest BCUT2D eigenvalue weighted by Crippen LogP contribution is -2.21. The van der Waals surface area contributed by atoms with Gasteiger partial charge in [0.05, 0.1) is 27.5 Å². The maximum absolute atomic E-state index is 10.4. The molecule has 120 valence electrons. The molecule has 1 aliphatic rings. The van der Waals surface area contributed by atoms with Gasteiger partial charge in [0.2, 0.25) is 0 Å². The van der Waals surface area contributed by atoms with Gasteiger partial charge in [-0.1, -0.05) is 12.1 Å². The Labute approximate surface area is 139 Å². The van der Waals surface area contributed by atoms with Crippen LogP contribution in [-0.2, 0) is 13.0 Å². The number of aliphatic hydroxyl groups excluding tert-OH is 1. The summed E-state index contributed by atoms with van der Waals surface area (Å²) in [5.74, 6) is 0.248. The fourth-order valence-electron chi connectivity index (χ4n) is 3.43. The SMILES string of the molecule is Cc1cc(C[C@@H]2CN(Cc3cccc4ncsc34)C[C@H]2O)n[nH]1. The highest BCUT2D eigenvalue weighted by molar-refractivity contribution is 7.16. The molecule has 2 atom stereocenters. The van der Waals surface area contributed by atoms with E-state index in [9.17, 15) is 5.11 Å². The van der Waals surface area contributed by atoms with E-state index in [1.165, 1.54) is 10.3 Å². The van der Waals surface area contributed by atoms with Gasteiger partial charge in [-0.2, -0.15) is 5.10 Å². The van der Waals surface area contributed by atoms with Crippen molar-refractivity contribution in [1.82, 2.24) is 20.1 Å². The van der Waals surface area contributed by atoms with Crippen LogP contribution in [0.25, 0.3) is 10.2 Å². The maximum atomic E-state index is 10.4. The Morgan fingerprint density at radius 2 is 2.30 bits per heavy atom. The smallest absolute Gasteiger partial charge is 0.0815 e. The van der Waals surface area contributed by atoms with Crippen molar-refractivity contribution < 1.29 is 5.11 Å². The van der Waals surface area contributed by atoms with Crippen molar-refractivity contribution in [3.8, 4) is 0 Å². The Morgan fingerprint density at radius 3 is 3.13 bits per heavy atom. The number of fused-ring (bicyclic) bond motifs is 1. The molecule has 1 aromatic carbocycles. The molecule has 0 unspecified atom stereocenters. The van der Waals surface area contributed by atoms with Crippen LogP contribution < -0.4 is 0 Å². The molecule has 0 bridgehead atoms. The van der Waals surface area contributed by atoms with Crippen molar-refractivity contribution in [1.29, 1.82) is 0 Å². The van der Waals surface area contributed by atoms with E-state index >= 15 is 0 Å². The minimum Gasteiger partial charge on any atom is -0.391 e.